The lowest BCUT2D eigenvalue weighted by molar-refractivity contribution is -0.870. The first kappa shape index (κ1) is 84.7. The van der Waals surface area contributed by atoms with Crippen molar-refractivity contribution in [1.29, 1.82) is 0 Å². The molecule has 0 aliphatic heterocycles. The third-order valence-corrected chi connectivity index (χ3v) is 16.8. The fourth-order valence-electron chi connectivity index (χ4n) is 10.2. The Morgan fingerprint density at radius 3 is 1.00 bits per heavy atom. The number of carbonyl (C=O) groups is 2. The van der Waals surface area contributed by atoms with E-state index in [-0.39, 0.29) is 32.0 Å². The van der Waals surface area contributed by atoms with Crippen LogP contribution in [0.2, 0.25) is 0 Å². The van der Waals surface area contributed by atoms with Crippen LogP contribution in [0.25, 0.3) is 0 Å². The Morgan fingerprint density at radius 1 is 0.364 bits per heavy atom. The molecular weight excluding hydrogens is 1110 g/mol. The zero-order chi connectivity index (χ0) is 64.1. The summed E-state index contributed by atoms with van der Waals surface area (Å²) in [5.74, 6) is -0.862. The van der Waals surface area contributed by atoms with Crippen molar-refractivity contribution >= 4 is 19.8 Å². The Hall–Kier alpha value is -3.33. The highest BCUT2D eigenvalue weighted by molar-refractivity contribution is 7.47. The van der Waals surface area contributed by atoms with Crippen LogP contribution in [0.15, 0.2) is 109 Å². The standard InChI is InChI=1S/C78H138NO8P/c1-6-8-10-12-14-16-18-20-22-24-26-28-30-31-32-33-34-35-36-37-38-39-40-41-42-43-44-45-46-47-49-50-52-54-56-58-60-62-64-66-68-70-77(80)84-74-76(75-86-88(82,83)85-73-72-79(3,4)5)87-78(81)71-69-67-65-63-61-59-57-55-53-51-48-29-27-25-23-21-19-17-15-13-11-9-7-2/h9,11,15,17-18,20-21,23-24,26-27,29,51,53,57,59,63,65,76H,6-8,10,12-14,16,19,22,25,28,30-50,52,54-56,58,60-62,64,66-75H2,1-5H3/p+1/b11-9-,17-15-,20-18-,23-21-,26-24-,29-27-,53-51-,59-57-,65-63-. The van der Waals surface area contributed by atoms with Gasteiger partial charge in [-0.2, -0.15) is 0 Å². The number of allylic oxidation sites excluding steroid dienone is 18. The maximum Gasteiger partial charge on any atom is 0.472 e. The summed E-state index contributed by atoms with van der Waals surface area (Å²) in [4.78, 5) is 35.8. The molecule has 0 aliphatic carbocycles. The zero-order valence-corrected chi connectivity index (χ0v) is 58.8. The molecule has 9 nitrogen and oxygen atoms in total. The molecule has 0 saturated carbocycles. The molecule has 0 fully saturated rings. The number of ether oxygens (including phenoxy) is 2. The number of nitrogens with zero attached hydrogens (tertiary/aromatic N) is 1. The summed E-state index contributed by atoms with van der Waals surface area (Å²) in [6, 6.07) is 0. The minimum atomic E-state index is -4.41. The second-order valence-corrected chi connectivity index (χ2v) is 27.0. The van der Waals surface area contributed by atoms with Crippen LogP contribution in [0, 0.1) is 0 Å². The van der Waals surface area contributed by atoms with E-state index >= 15 is 0 Å². The first-order chi connectivity index (χ1) is 43.0. The number of hydrogen-bond acceptors (Lipinski definition) is 7. The number of likely N-dealkylation sites (N-methyl/N-ethyl adjacent to an activating group) is 1. The summed E-state index contributed by atoms with van der Waals surface area (Å²) in [7, 11) is 1.44. The van der Waals surface area contributed by atoms with Crippen LogP contribution >= 0.6 is 7.82 Å². The first-order valence-electron chi connectivity index (χ1n) is 36.6. The number of phosphoric ester groups is 1. The van der Waals surface area contributed by atoms with Crippen molar-refractivity contribution in [2.45, 2.75) is 328 Å². The Morgan fingerprint density at radius 2 is 0.659 bits per heavy atom. The van der Waals surface area contributed by atoms with Crippen molar-refractivity contribution in [3.8, 4) is 0 Å². The fourth-order valence-corrected chi connectivity index (χ4v) is 11.0. The highest BCUT2D eigenvalue weighted by atomic mass is 31.2. The van der Waals surface area contributed by atoms with Crippen LogP contribution in [-0.2, 0) is 32.7 Å². The van der Waals surface area contributed by atoms with E-state index in [4.69, 9.17) is 18.5 Å². The summed E-state index contributed by atoms with van der Waals surface area (Å²) in [6.45, 7) is 4.26. The Labute approximate surface area is 544 Å². The predicted molar refractivity (Wildman–Crippen MR) is 381 cm³/mol. The molecule has 0 aromatic heterocycles. The monoisotopic (exact) mass is 1250 g/mol. The van der Waals surface area contributed by atoms with E-state index in [2.05, 4.69) is 123 Å². The minimum Gasteiger partial charge on any atom is -0.462 e. The van der Waals surface area contributed by atoms with E-state index in [1.165, 1.54) is 212 Å². The lowest BCUT2D eigenvalue weighted by atomic mass is 10.0. The van der Waals surface area contributed by atoms with Crippen molar-refractivity contribution in [2.75, 3.05) is 47.5 Å². The normalized spacial score (nSPS) is 13.8. The van der Waals surface area contributed by atoms with Crippen molar-refractivity contribution in [1.82, 2.24) is 0 Å². The molecule has 10 heteroatoms. The summed E-state index contributed by atoms with van der Waals surface area (Å²) in [5.41, 5.74) is 0. The quantitative estimate of drug-likeness (QED) is 0.0211. The van der Waals surface area contributed by atoms with Gasteiger partial charge in [-0.3, -0.25) is 18.6 Å². The number of quaternary nitrogens is 1. The van der Waals surface area contributed by atoms with Crippen molar-refractivity contribution in [3.63, 3.8) is 0 Å². The van der Waals surface area contributed by atoms with Gasteiger partial charge in [0.2, 0.25) is 0 Å². The third kappa shape index (κ3) is 71.7. The van der Waals surface area contributed by atoms with Gasteiger partial charge >= 0.3 is 19.8 Å². The molecule has 0 radical (unpaired) electrons. The van der Waals surface area contributed by atoms with Crippen LogP contribution in [0.3, 0.4) is 0 Å². The second-order valence-electron chi connectivity index (χ2n) is 25.6. The van der Waals surface area contributed by atoms with E-state index in [0.29, 0.717) is 23.9 Å². The maximum absolute atomic E-state index is 12.8. The van der Waals surface area contributed by atoms with Crippen LogP contribution in [0.4, 0.5) is 0 Å². The smallest absolute Gasteiger partial charge is 0.462 e. The van der Waals surface area contributed by atoms with E-state index in [1.807, 2.05) is 21.1 Å². The molecule has 0 amide bonds. The largest absolute Gasteiger partial charge is 0.472 e. The van der Waals surface area contributed by atoms with Gasteiger partial charge < -0.3 is 18.9 Å². The van der Waals surface area contributed by atoms with Gasteiger partial charge in [0.15, 0.2) is 6.10 Å². The van der Waals surface area contributed by atoms with Crippen molar-refractivity contribution in [2.24, 2.45) is 0 Å². The van der Waals surface area contributed by atoms with E-state index in [0.717, 1.165) is 70.6 Å². The number of carbonyl (C=O) groups excluding carboxylic acids is 2. The maximum atomic E-state index is 12.8. The molecule has 0 rings (SSSR count). The Bertz CT molecular complexity index is 1850. The molecule has 0 saturated heterocycles. The van der Waals surface area contributed by atoms with Crippen LogP contribution in [-0.4, -0.2) is 74.9 Å². The number of hydrogen-bond donors (Lipinski definition) is 1. The first-order valence-corrected chi connectivity index (χ1v) is 38.1. The van der Waals surface area contributed by atoms with Gasteiger partial charge in [0.05, 0.1) is 27.7 Å². The molecule has 0 heterocycles. The number of rotatable bonds is 67. The van der Waals surface area contributed by atoms with E-state index < -0.39 is 26.5 Å². The van der Waals surface area contributed by atoms with Crippen LogP contribution in [0.5, 0.6) is 0 Å². The molecule has 0 bridgehead atoms. The van der Waals surface area contributed by atoms with Gasteiger partial charge in [-0.15, -0.1) is 0 Å². The van der Waals surface area contributed by atoms with Crippen molar-refractivity contribution < 1.29 is 42.1 Å². The van der Waals surface area contributed by atoms with Crippen LogP contribution in [0.1, 0.15) is 322 Å². The van der Waals surface area contributed by atoms with Gasteiger partial charge in [0.1, 0.15) is 19.8 Å². The van der Waals surface area contributed by atoms with Crippen LogP contribution < -0.4 is 0 Å². The van der Waals surface area contributed by atoms with Gasteiger partial charge in [-0.05, 0) is 96.3 Å². The lowest BCUT2D eigenvalue weighted by Gasteiger charge is -2.24. The molecule has 0 aromatic rings. The Kier molecular flexibility index (Phi) is 65.5. The summed E-state index contributed by atoms with van der Waals surface area (Å²) in [6.07, 6.45) is 96.7. The van der Waals surface area contributed by atoms with Gasteiger partial charge in [0.25, 0.3) is 0 Å². The number of phosphoric acid groups is 1. The minimum absolute atomic E-state index is 0.0169. The Balaban J connectivity index is 3.97. The van der Waals surface area contributed by atoms with E-state index in [9.17, 15) is 19.0 Å². The molecule has 508 valence electrons. The third-order valence-electron chi connectivity index (χ3n) is 15.8. The van der Waals surface area contributed by atoms with Crippen molar-refractivity contribution in [3.05, 3.63) is 109 Å². The number of esters is 2. The molecule has 0 aliphatic rings. The summed E-state index contributed by atoms with van der Waals surface area (Å²) >= 11 is 0. The molecule has 88 heavy (non-hydrogen) atoms. The zero-order valence-electron chi connectivity index (χ0n) is 57.9. The molecule has 1 N–H and O–H groups in total. The second kappa shape index (κ2) is 68.0. The highest BCUT2D eigenvalue weighted by Crippen LogP contribution is 2.43. The molecule has 0 spiro atoms. The fraction of sp³-hybridized carbons (Fsp3) is 0.744. The highest BCUT2D eigenvalue weighted by Gasteiger charge is 2.27. The SMILES string of the molecule is CC/C=C\C/C=C\C/C=C\C/C=C\C/C=C\C/C=C\C/C=C\CCCC(=O)OC(COC(=O)CCCCCCCCCCCCCCCCCCCCCCCCCCCCCCC/C=C\C/C=C\CCCCCCC)COP(=O)(O)OCC[N+](C)(C)C. The summed E-state index contributed by atoms with van der Waals surface area (Å²) in [5, 5.41) is 0. The molecule has 2 atom stereocenters. The molecular formula is C78H139NO8P+. The van der Waals surface area contributed by atoms with E-state index in [1.54, 1.807) is 0 Å². The molecule has 2 unspecified atom stereocenters. The average molecular weight is 1250 g/mol. The number of unbranched alkanes of at least 4 members (excludes halogenated alkanes) is 35. The van der Waals surface area contributed by atoms with Gasteiger partial charge in [-0.25, -0.2) is 4.57 Å². The summed E-state index contributed by atoms with van der Waals surface area (Å²) < 4.78 is 34.6. The molecule has 0 aromatic carbocycles. The lowest BCUT2D eigenvalue weighted by Crippen LogP contribution is -2.37. The predicted octanol–water partition coefficient (Wildman–Crippen LogP) is 24.1. The average Bonchev–Trinajstić information content (AvgIpc) is 3.68. The van der Waals surface area contributed by atoms with Gasteiger partial charge in [-0.1, -0.05) is 322 Å². The topological polar surface area (TPSA) is 108 Å². The van der Waals surface area contributed by atoms with Gasteiger partial charge in [0, 0.05) is 12.8 Å².